The molecular formula is C18H13Br2NO3S. The van der Waals surface area contributed by atoms with Gasteiger partial charge in [0.15, 0.2) is 0 Å². The zero-order chi connectivity index (χ0) is 18.1. The maximum Gasteiger partial charge on any atom is 0.293 e. The molecule has 0 spiro atoms. The van der Waals surface area contributed by atoms with Crippen LogP contribution < -0.4 is 0 Å². The standard InChI is InChI=1S/C18H13Br2NO3S/c1-10-2-4-11(5-3-10)9-21-17(23)15(25-18(21)24)7-12-6-13(19)8-14(20)16(12)22/h2-8,22H,9H2,1H3/b15-7-. The Labute approximate surface area is 166 Å². The molecule has 2 amide bonds. The summed E-state index contributed by atoms with van der Waals surface area (Å²) in [5, 5.41) is 9.82. The van der Waals surface area contributed by atoms with Crippen LogP contribution in [0.1, 0.15) is 16.7 Å². The number of aromatic hydroxyl groups is 1. The van der Waals surface area contributed by atoms with Gasteiger partial charge in [0.05, 0.1) is 15.9 Å². The lowest BCUT2D eigenvalue weighted by Gasteiger charge is -2.12. The Bertz CT molecular complexity index is 894. The summed E-state index contributed by atoms with van der Waals surface area (Å²) in [6.07, 6.45) is 1.53. The number of benzene rings is 2. The SMILES string of the molecule is Cc1ccc(CN2C(=O)S/C(=C\c3cc(Br)cc(Br)c3O)C2=O)cc1. The number of imide groups is 1. The van der Waals surface area contributed by atoms with Crippen LogP contribution in [-0.2, 0) is 11.3 Å². The number of phenols is 1. The van der Waals surface area contributed by atoms with Crippen molar-refractivity contribution in [3.8, 4) is 5.75 Å². The molecule has 1 saturated heterocycles. The van der Waals surface area contributed by atoms with E-state index < -0.39 is 0 Å². The molecule has 0 aromatic heterocycles. The number of aryl methyl sites for hydroxylation is 1. The third kappa shape index (κ3) is 3.99. The minimum absolute atomic E-state index is 0.0218. The van der Waals surface area contributed by atoms with Gasteiger partial charge in [0.1, 0.15) is 5.75 Å². The third-order valence-electron chi connectivity index (χ3n) is 3.68. The number of nitrogens with zero attached hydrogens (tertiary/aromatic N) is 1. The van der Waals surface area contributed by atoms with Crippen LogP contribution >= 0.6 is 43.6 Å². The summed E-state index contributed by atoms with van der Waals surface area (Å²) < 4.78 is 1.26. The Balaban J connectivity index is 1.87. The molecule has 0 radical (unpaired) electrons. The van der Waals surface area contributed by atoms with Gasteiger partial charge in [0, 0.05) is 10.0 Å². The van der Waals surface area contributed by atoms with Gasteiger partial charge in [-0.3, -0.25) is 14.5 Å². The summed E-state index contributed by atoms with van der Waals surface area (Å²) in [6, 6.07) is 11.1. The van der Waals surface area contributed by atoms with E-state index in [1.54, 1.807) is 12.1 Å². The Morgan fingerprint density at radius 1 is 1.16 bits per heavy atom. The molecule has 1 aliphatic heterocycles. The van der Waals surface area contributed by atoms with Crippen LogP contribution in [0.4, 0.5) is 4.79 Å². The highest BCUT2D eigenvalue weighted by Gasteiger charge is 2.35. The number of hydrogen-bond acceptors (Lipinski definition) is 4. The number of amides is 2. The van der Waals surface area contributed by atoms with Crippen LogP contribution in [0.2, 0.25) is 0 Å². The van der Waals surface area contributed by atoms with Gasteiger partial charge >= 0.3 is 0 Å². The van der Waals surface area contributed by atoms with Crippen molar-refractivity contribution in [2.24, 2.45) is 0 Å². The molecule has 0 bridgehead atoms. The smallest absolute Gasteiger partial charge is 0.293 e. The predicted molar refractivity (Wildman–Crippen MR) is 106 cm³/mol. The van der Waals surface area contributed by atoms with Crippen molar-refractivity contribution >= 4 is 60.8 Å². The second kappa shape index (κ2) is 7.35. The molecule has 3 rings (SSSR count). The molecule has 0 unspecified atom stereocenters. The first-order valence-corrected chi connectivity index (χ1v) is 9.74. The number of phenolic OH excluding ortho intramolecular Hbond substituents is 1. The summed E-state index contributed by atoms with van der Waals surface area (Å²) in [6.45, 7) is 2.21. The van der Waals surface area contributed by atoms with Gasteiger partial charge in [0.25, 0.3) is 11.1 Å². The lowest BCUT2D eigenvalue weighted by atomic mass is 10.1. The molecule has 2 aromatic carbocycles. The van der Waals surface area contributed by atoms with E-state index >= 15 is 0 Å². The molecule has 4 nitrogen and oxygen atoms in total. The van der Waals surface area contributed by atoms with Crippen LogP contribution in [0.25, 0.3) is 6.08 Å². The van der Waals surface area contributed by atoms with Gasteiger partial charge in [-0.15, -0.1) is 0 Å². The van der Waals surface area contributed by atoms with Gasteiger partial charge in [-0.2, -0.15) is 0 Å². The molecule has 0 saturated carbocycles. The molecule has 0 aliphatic carbocycles. The molecule has 7 heteroatoms. The van der Waals surface area contributed by atoms with E-state index in [0.29, 0.717) is 10.0 Å². The van der Waals surface area contributed by atoms with Gasteiger partial charge in [-0.05, 0) is 58.4 Å². The first-order valence-electron chi connectivity index (χ1n) is 7.34. The molecule has 25 heavy (non-hydrogen) atoms. The second-order valence-electron chi connectivity index (χ2n) is 5.58. The monoisotopic (exact) mass is 481 g/mol. The van der Waals surface area contributed by atoms with Crippen molar-refractivity contribution < 1.29 is 14.7 Å². The maximum absolute atomic E-state index is 12.6. The normalized spacial score (nSPS) is 16.1. The summed E-state index contributed by atoms with van der Waals surface area (Å²) in [5.74, 6) is -0.334. The van der Waals surface area contributed by atoms with Gasteiger partial charge in [0.2, 0.25) is 0 Å². The lowest BCUT2D eigenvalue weighted by molar-refractivity contribution is -0.123. The highest BCUT2D eigenvalue weighted by Crippen LogP contribution is 2.37. The maximum atomic E-state index is 12.6. The first kappa shape index (κ1) is 18.2. The van der Waals surface area contributed by atoms with E-state index in [2.05, 4.69) is 31.9 Å². The zero-order valence-electron chi connectivity index (χ0n) is 13.1. The molecule has 1 aliphatic rings. The second-order valence-corrected chi connectivity index (χ2v) is 8.34. The van der Waals surface area contributed by atoms with Gasteiger partial charge < -0.3 is 5.11 Å². The molecule has 2 aromatic rings. The minimum atomic E-state index is -0.355. The van der Waals surface area contributed by atoms with E-state index in [4.69, 9.17) is 0 Å². The van der Waals surface area contributed by atoms with E-state index in [-0.39, 0.29) is 28.3 Å². The summed E-state index contributed by atoms with van der Waals surface area (Å²) in [7, 11) is 0. The van der Waals surface area contributed by atoms with Crippen LogP contribution in [0, 0.1) is 6.92 Å². The van der Waals surface area contributed by atoms with Crippen LogP contribution in [0.15, 0.2) is 50.2 Å². The molecule has 1 N–H and O–H groups in total. The number of carbonyl (C=O) groups excluding carboxylic acids is 2. The van der Waals surface area contributed by atoms with Crippen molar-refractivity contribution in [1.82, 2.24) is 4.90 Å². The fraction of sp³-hybridized carbons (Fsp3) is 0.111. The first-order chi connectivity index (χ1) is 11.8. The zero-order valence-corrected chi connectivity index (χ0v) is 17.1. The van der Waals surface area contributed by atoms with E-state index in [9.17, 15) is 14.7 Å². The van der Waals surface area contributed by atoms with Gasteiger partial charge in [-0.1, -0.05) is 45.8 Å². The molecular weight excluding hydrogens is 470 g/mol. The van der Waals surface area contributed by atoms with Crippen molar-refractivity contribution in [1.29, 1.82) is 0 Å². The number of carbonyl (C=O) groups is 2. The highest BCUT2D eigenvalue weighted by molar-refractivity contribution is 9.11. The fourth-order valence-electron chi connectivity index (χ4n) is 2.35. The Hall–Kier alpha value is -1.57. The van der Waals surface area contributed by atoms with Crippen molar-refractivity contribution in [2.75, 3.05) is 0 Å². The van der Waals surface area contributed by atoms with Crippen molar-refractivity contribution in [2.45, 2.75) is 13.5 Å². The summed E-state index contributed by atoms with van der Waals surface area (Å²) >= 11 is 7.48. The Kier molecular flexibility index (Phi) is 5.36. The topological polar surface area (TPSA) is 57.6 Å². The lowest BCUT2D eigenvalue weighted by Crippen LogP contribution is -2.27. The molecule has 128 valence electrons. The summed E-state index contributed by atoms with van der Waals surface area (Å²) in [4.78, 5) is 26.3. The number of rotatable bonds is 3. The summed E-state index contributed by atoms with van der Waals surface area (Å²) in [5.41, 5.74) is 2.47. The Morgan fingerprint density at radius 3 is 2.52 bits per heavy atom. The molecule has 0 atom stereocenters. The quantitative estimate of drug-likeness (QED) is 0.590. The predicted octanol–water partition coefficient (Wildman–Crippen LogP) is 5.46. The molecule has 1 heterocycles. The number of halogens is 2. The minimum Gasteiger partial charge on any atom is -0.506 e. The highest BCUT2D eigenvalue weighted by atomic mass is 79.9. The van der Waals surface area contributed by atoms with E-state index in [0.717, 1.165) is 27.4 Å². The average Bonchev–Trinajstić information content (AvgIpc) is 2.81. The van der Waals surface area contributed by atoms with Gasteiger partial charge in [-0.25, -0.2) is 0 Å². The van der Waals surface area contributed by atoms with E-state index in [1.807, 2.05) is 31.2 Å². The third-order valence-corrected chi connectivity index (χ3v) is 5.65. The van der Waals surface area contributed by atoms with Crippen LogP contribution in [0.3, 0.4) is 0 Å². The fourth-order valence-corrected chi connectivity index (χ4v) is 4.44. The van der Waals surface area contributed by atoms with Crippen LogP contribution in [0.5, 0.6) is 5.75 Å². The van der Waals surface area contributed by atoms with E-state index in [1.165, 1.54) is 11.0 Å². The Morgan fingerprint density at radius 2 is 1.84 bits per heavy atom. The van der Waals surface area contributed by atoms with Crippen molar-refractivity contribution in [3.05, 3.63) is 66.9 Å². The van der Waals surface area contributed by atoms with Crippen molar-refractivity contribution in [3.63, 3.8) is 0 Å². The largest absolute Gasteiger partial charge is 0.506 e. The number of thioether (sulfide) groups is 1. The number of hydrogen-bond donors (Lipinski definition) is 1. The average molecular weight is 483 g/mol. The van der Waals surface area contributed by atoms with Crippen LogP contribution in [-0.4, -0.2) is 21.2 Å². The molecule has 1 fully saturated rings.